The zero-order valence-corrected chi connectivity index (χ0v) is 19.7. The summed E-state index contributed by atoms with van der Waals surface area (Å²) in [6.07, 6.45) is 1.13. The first-order valence-corrected chi connectivity index (χ1v) is 12.3. The molecule has 1 saturated heterocycles. The summed E-state index contributed by atoms with van der Waals surface area (Å²) in [4.78, 5) is 17.6. The molecule has 0 aromatic heterocycles. The number of hydrogen-bond donors (Lipinski definition) is 1. The Morgan fingerprint density at radius 1 is 1.03 bits per heavy atom. The Labute approximate surface area is 185 Å². The lowest BCUT2D eigenvalue weighted by molar-refractivity contribution is -0.116. The Morgan fingerprint density at radius 3 is 2.23 bits per heavy atom. The predicted octanol–water partition coefficient (Wildman–Crippen LogP) is 2.85. The number of nitrogens with one attached hydrogen (secondary N) is 1. The first-order chi connectivity index (χ1) is 14.6. The second kappa shape index (κ2) is 9.28. The molecule has 3 rings (SSSR count). The fourth-order valence-electron chi connectivity index (χ4n) is 3.80. The Hall–Kier alpha value is -2.58. The van der Waals surface area contributed by atoms with Crippen molar-refractivity contribution in [2.45, 2.75) is 26.8 Å². The van der Waals surface area contributed by atoms with E-state index in [0.29, 0.717) is 11.4 Å². The molecule has 2 aromatic rings. The first kappa shape index (κ1) is 23.1. The van der Waals surface area contributed by atoms with Gasteiger partial charge < -0.3 is 15.1 Å². The van der Waals surface area contributed by atoms with Gasteiger partial charge in [-0.2, -0.15) is 0 Å². The number of anilines is 3. The summed E-state index contributed by atoms with van der Waals surface area (Å²) >= 11 is 0. The van der Waals surface area contributed by atoms with Crippen LogP contribution >= 0.6 is 0 Å². The minimum Gasteiger partial charge on any atom is -0.369 e. The number of aryl methyl sites for hydroxylation is 2. The minimum atomic E-state index is -3.66. The van der Waals surface area contributed by atoms with Crippen LogP contribution in [0.15, 0.2) is 42.5 Å². The molecule has 7 nitrogen and oxygen atoms in total. The lowest BCUT2D eigenvalue weighted by Crippen LogP contribution is -2.45. The van der Waals surface area contributed by atoms with Gasteiger partial charge in [0.2, 0.25) is 15.9 Å². The van der Waals surface area contributed by atoms with E-state index in [-0.39, 0.29) is 5.91 Å². The number of carbonyl (C=O) groups is 1. The summed E-state index contributed by atoms with van der Waals surface area (Å²) in [5.74, 6) is -0.376. The monoisotopic (exact) mass is 444 g/mol. The number of piperazine rings is 1. The molecule has 0 aliphatic carbocycles. The Bertz CT molecular complexity index is 1030. The van der Waals surface area contributed by atoms with Gasteiger partial charge in [-0.25, -0.2) is 8.42 Å². The van der Waals surface area contributed by atoms with Crippen molar-refractivity contribution >= 4 is 33.0 Å². The number of amides is 1. The minimum absolute atomic E-state index is 0.376. The fourth-order valence-corrected chi connectivity index (χ4v) is 5.03. The summed E-state index contributed by atoms with van der Waals surface area (Å²) in [5, 5.41) is 2.86. The van der Waals surface area contributed by atoms with Gasteiger partial charge in [0, 0.05) is 37.6 Å². The molecule has 168 valence electrons. The third-order valence-corrected chi connectivity index (χ3v) is 6.92. The molecule has 0 bridgehead atoms. The van der Waals surface area contributed by atoms with E-state index < -0.39 is 16.1 Å². The van der Waals surface area contributed by atoms with Crippen molar-refractivity contribution in [2.75, 3.05) is 54.0 Å². The molecule has 0 saturated carbocycles. The van der Waals surface area contributed by atoms with E-state index in [0.717, 1.165) is 49.2 Å². The van der Waals surface area contributed by atoms with Crippen LogP contribution in [0.4, 0.5) is 17.1 Å². The lowest BCUT2D eigenvalue weighted by Gasteiger charge is -2.34. The third-order valence-electron chi connectivity index (χ3n) is 5.69. The maximum absolute atomic E-state index is 13.0. The Morgan fingerprint density at radius 2 is 1.65 bits per heavy atom. The number of hydrogen-bond acceptors (Lipinski definition) is 5. The molecule has 0 radical (unpaired) electrons. The second-order valence-corrected chi connectivity index (χ2v) is 10.2. The third kappa shape index (κ3) is 5.57. The summed E-state index contributed by atoms with van der Waals surface area (Å²) < 4.78 is 26.3. The van der Waals surface area contributed by atoms with Crippen molar-refractivity contribution in [1.29, 1.82) is 0 Å². The van der Waals surface area contributed by atoms with Gasteiger partial charge in [-0.3, -0.25) is 9.10 Å². The van der Waals surface area contributed by atoms with Crippen LogP contribution in [-0.2, 0) is 14.8 Å². The van der Waals surface area contributed by atoms with Gasteiger partial charge in [0.25, 0.3) is 0 Å². The molecule has 0 spiro atoms. The van der Waals surface area contributed by atoms with Crippen LogP contribution in [0.2, 0.25) is 0 Å². The van der Waals surface area contributed by atoms with Crippen LogP contribution in [0.25, 0.3) is 0 Å². The molecule has 1 heterocycles. The van der Waals surface area contributed by atoms with E-state index in [1.54, 1.807) is 13.0 Å². The molecule has 1 aliphatic heterocycles. The highest BCUT2D eigenvalue weighted by atomic mass is 32.2. The van der Waals surface area contributed by atoms with Crippen molar-refractivity contribution in [3.8, 4) is 0 Å². The summed E-state index contributed by atoms with van der Waals surface area (Å²) in [7, 11) is -1.54. The predicted molar refractivity (Wildman–Crippen MR) is 127 cm³/mol. The van der Waals surface area contributed by atoms with E-state index in [2.05, 4.69) is 22.2 Å². The largest absolute Gasteiger partial charge is 0.369 e. The molecule has 1 atom stereocenters. The van der Waals surface area contributed by atoms with Gasteiger partial charge in [-0.05, 0) is 69.3 Å². The lowest BCUT2D eigenvalue weighted by atomic mass is 10.1. The number of nitrogens with zero attached hydrogens (tertiary/aromatic N) is 3. The van der Waals surface area contributed by atoms with Crippen LogP contribution in [0, 0.1) is 13.8 Å². The normalized spacial score (nSPS) is 16.1. The highest BCUT2D eigenvalue weighted by molar-refractivity contribution is 7.92. The maximum Gasteiger partial charge on any atom is 0.247 e. The average molecular weight is 445 g/mol. The second-order valence-electron chi connectivity index (χ2n) is 8.35. The van der Waals surface area contributed by atoms with E-state index in [4.69, 9.17) is 0 Å². The van der Waals surface area contributed by atoms with Crippen LogP contribution in [0.3, 0.4) is 0 Å². The smallest absolute Gasteiger partial charge is 0.247 e. The van der Waals surface area contributed by atoms with Crippen LogP contribution in [0.1, 0.15) is 18.1 Å². The van der Waals surface area contributed by atoms with Gasteiger partial charge in [0.05, 0.1) is 11.9 Å². The van der Waals surface area contributed by atoms with E-state index in [1.165, 1.54) is 4.31 Å². The number of sulfonamides is 1. The number of rotatable bonds is 6. The van der Waals surface area contributed by atoms with Gasteiger partial charge in [0.1, 0.15) is 6.04 Å². The van der Waals surface area contributed by atoms with Crippen molar-refractivity contribution in [3.05, 3.63) is 53.6 Å². The summed E-state index contributed by atoms with van der Waals surface area (Å²) in [5.41, 5.74) is 4.01. The highest BCUT2D eigenvalue weighted by Gasteiger charge is 2.30. The number of carbonyl (C=O) groups excluding carboxylic acids is 1. The highest BCUT2D eigenvalue weighted by Crippen LogP contribution is 2.27. The Balaban J connectivity index is 1.75. The molecular weight excluding hydrogens is 412 g/mol. The topological polar surface area (TPSA) is 73.0 Å². The SMILES string of the molecule is Cc1ccc(C)c(N([C@@H](C)C(=O)Nc2ccc(N3CCN(C)CC3)cc2)S(C)(=O)=O)c1. The standard InChI is InChI=1S/C23H32N4O3S/c1-17-6-7-18(2)22(16-17)27(31(5,29)30)19(3)23(28)24-20-8-10-21(11-9-20)26-14-12-25(4)13-15-26/h6-11,16,19H,12-15H2,1-5H3,(H,24,28)/t19-/m0/s1. The van der Waals surface area contributed by atoms with Gasteiger partial charge in [-0.15, -0.1) is 0 Å². The first-order valence-electron chi connectivity index (χ1n) is 10.5. The zero-order chi connectivity index (χ0) is 22.8. The van der Waals surface area contributed by atoms with Gasteiger partial charge in [0.15, 0.2) is 0 Å². The average Bonchev–Trinajstić information content (AvgIpc) is 2.71. The van der Waals surface area contributed by atoms with Crippen molar-refractivity contribution in [2.24, 2.45) is 0 Å². The van der Waals surface area contributed by atoms with Crippen molar-refractivity contribution in [1.82, 2.24) is 4.90 Å². The molecule has 2 aromatic carbocycles. The van der Waals surface area contributed by atoms with E-state index in [1.807, 2.05) is 50.2 Å². The quantitative estimate of drug-likeness (QED) is 0.742. The van der Waals surface area contributed by atoms with Crippen LogP contribution in [0.5, 0.6) is 0 Å². The van der Waals surface area contributed by atoms with Crippen LogP contribution < -0.4 is 14.5 Å². The van der Waals surface area contributed by atoms with E-state index in [9.17, 15) is 13.2 Å². The summed E-state index contributed by atoms with van der Waals surface area (Å²) in [6, 6.07) is 12.4. The molecular formula is C23H32N4O3S. The zero-order valence-electron chi connectivity index (χ0n) is 18.9. The number of likely N-dealkylation sites (N-methyl/N-ethyl adjacent to an activating group) is 1. The maximum atomic E-state index is 13.0. The summed E-state index contributed by atoms with van der Waals surface area (Å²) in [6.45, 7) is 9.34. The van der Waals surface area contributed by atoms with Crippen LogP contribution in [-0.4, -0.2) is 64.7 Å². The van der Waals surface area contributed by atoms with Crippen molar-refractivity contribution in [3.63, 3.8) is 0 Å². The molecule has 0 unspecified atom stereocenters. The Kier molecular flexibility index (Phi) is 6.91. The van der Waals surface area contributed by atoms with Gasteiger partial charge >= 0.3 is 0 Å². The molecule has 1 N–H and O–H groups in total. The van der Waals surface area contributed by atoms with Crippen molar-refractivity contribution < 1.29 is 13.2 Å². The molecule has 31 heavy (non-hydrogen) atoms. The molecule has 8 heteroatoms. The molecule has 1 amide bonds. The fraction of sp³-hybridized carbons (Fsp3) is 0.435. The van der Waals surface area contributed by atoms with Gasteiger partial charge in [-0.1, -0.05) is 12.1 Å². The molecule has 1 aliphatic rings. The number of benzene rings is 2. The molecule has 1 fully saturated rings. The van der Waals surface area contributed by atoms with E-state index >= 15 is 0 Å².